The van der Waals surface area contributed by atoms with Gasteiger partial charge in [0.05, 0.1) is 6.04 Å². The maximum absolute atomic E-state index is 12.0. The molecule has 1 amide bonds. The Hall–Kier alpha value is -2.73. The first kappa shape index (κ1) is 22.5. The molecule has 32 heavy (non-hydrogen) atoms. The number of hydrogen-bond acceptors (Lipinski definition) is 4. The van der Waals surface area contributed by atoms with Gasteiger partial charge in [-0.05, 0) is 41.6 Å². The number of thiophene rings is 1. The van der Waals surface area contributed by atoms with E-state index in [1.54, 1.807) is 17.4 Å². The lowest BCUT2D eigenvalue weighted by Gasteiger charge is -2.39. The summed E-state index contributed by atoms with van der Waals surface area (Å²) in [7, 11) is 0. The highest BCUT2D eigenvalue weighted by Crippen LogP contribution is 2.29. The minimum atomic E-state index is -0.0169. The summed E-state index contributed by atoms with van der Waals surface area (Å²) in [4.78, 5) is 18.2. The molecule has 0 unspecified atom stereocenters. The largest absolute Gasteiger partial charge is 0.353 e. The average molecular weight is 446 g/mol. The lowest BCUT2D eigenvalue weighted by atomic mass is 9.96. The molecule has 4 rings (SSSR count). The van der Waals surface area contributed by atoms with E-state index in [0.717, 1.165) is 44.0 Å². The first-order chi connectivity index (χ1) is 15.8. The number of amides is 1. The summed E-state index contributed by atoms with van der Waals surface area (Å²) in [6.45, 7) is 5.94. The van der Waals surface area contributed by atoms with Crippen LogP contribution in [0.4, 0.5) is 0 Å². The van der Waals surface area contributed by atoms with Crippen LogP contribution in [0, 0.1) is 0 Å². The Kier molecular flexibility index (Phi) is 8.26. The van der Waals surface area contributed by atoms with E-state index < -0.39 is 0 Å². The second-order valence-corrected chi connectivity index (χ2v) is 9.07. The third-order valence-corrected chi connectivity index (χ3v) is 6.73. The highest BCUT2D eigenvalue weighted by atomic mass is 32.1. The number of piperazine rings is 1. The zero-order valence-electron chi connectivity index (χ0n) is 18.4. The van der Waals surface area contributed by atoms with Gasteiger partial charge in [-0.25, -0.2) is 0 Å². The van der Waals surface area contributed by atoms with E-state index in [0.29, 0.717) is 12.6 Å². The van der Waals surface area contributed by atoms with E-state index in [9.17, 15) is 4.79 Å². The van der Waals surface area contributed by atoms with Crippen LogP contribution in [0.1, 0.15) is 28.5 Å². The van der Waals surface area contributed by atoms with Crippen LogP contribution >= 0.6 is 11.3 Å². The van der Waals surface area contributed by atoms with E-state index >= 15 is 0 Å². The fourth-order valence-electron chi connectivity index (χ4n) is 4.25. The third kappa shape index (κ3) is 6.39. The summed E-state index contributed by atoms with van der Waals surface area (Å²) in [5.74, 6) is -0.0169. The standard InChI is InChI=1S/C27H31N3OS/c31-26(15-14-25-13-7-22-32-25)28-16-8-17-29-18-20-30(21-19-29)27(23-9-3-1-4-10-23)24-11-5-2-6-12-24/h1-7,9-15,22,27H,8,16-21H2,(H,28,31). The summed E-state index contributed by atoms with van der Waals surface area (Å²) in [5.41, 5.74) is 2.70. The molecule has 0 aliphatic carbocycles. The van der Waals surface area contributed by atoms with Crippen molar-refractivity contribution in [1.82, 2.24) is 15.1 Å². The van der Waals surface area contributed by atoms with Crippen LogP contribution in [0.5, 0.6) is 0 Å². The van der Waals surface area contributed by atoms with Crippen molar-refractivity contribution in [2.75, 3.05) is 39.3 Å². The van der Waals surface area contributed by atoms with E-state index in [1.807, 2.05) is 23.6 Å². The molecule has 0 radical (unpaired) electrons. The molecule has 0 spiro atoms. The van der Waals surface area contributed by atoms with Crippen LogP contribution in [0.15, 0.2) is 84.3 Å². The predicted molar refractivity (Wildman–Crippen MR) is 134 cm³/mol. The molecule has 0 bridgehead atoms. The van der Waals surface area contributed by atoms with Gasteiger partial charge >= 0.3 is 0 Å². The molecule has 0 saturated carbocycles. The quantitative estimate of drug-likeness (QED) is 0.384. The highest BCUT2D eigenvalue weighted by molar-refractivity contribution is 7.10. The number of rotatable bonds is 9. The third-order valence-electron chi connectivity index (χ3n) is 5.90. The Morgan fingerprint density at radius 3 is 2.16 bits per heavy atom. The molecule has 0 atom stereocenters. The normalized spacial score (nSPS) is 15.4. The molecule has 166 valence electrons. The predicted octanol–water partition coefficient (Wildman–Crippen LogP) is 4.67. The smallest absolute Gasteiger partial charge is 0.244 e. The van der Waals surface area contributed by atoms with Crippen LogP contribution in [0.25, 0.3) is 6.08 Å². The van der Waals surface area contributed by atoms with Crippen molar-refractivity contribution < 1.29 is 4.79 Å². The zero-order chi connectivity index (χ0) is 22.0. The fourth-order valence-corrected chi connectivity index (χ4v) is 4.87. The number of carbonyl (C=O) groups excluding carboxylic acids is 1. The van der Waals surface area contributed by atoms with Gasteiger partial charge in [0, 0.05) is 43.7 Å². The van der Waals surface area contributed by atoms with E-state index in [2.05, 4.69) is 75.8 Å². The average Bonchev–Trinajstić information content (AvgIpc) is 3.37. The van der Waals surface area contributed by atoms with Crippen molar-refractivity contribution in [3.63, 3.8) is 0 Å². The Labute approximate surface area is 195 Å². The monoisotopic (exact) mass is 445 g/mol. The summed E-state index contributed by atoms with van der Waals surface area (Å²) < 4.78 is 0. The van der Waals surface area contributed by atoms with Crippen molar-refractivity contribution in [3.05, 3.63) is 100 Å². The van der Waals surface area contributed by atoms with Crippen LogP contribution in [-0.4, -0.2) is 55.0 Å². The lowest BCUT2D eigenvalue weighted by molar-refractivity contribution is -0.116. The molecule has 1 N–H and O–H groups in total. The Bertz CT molecular complexity index is 925. The van der Waals surface area contributed by atoms with Crippen LogP contribution in [-0.2, 0) is 4.79 Å². The second-order valence-electron chi connectivity index (χ2n) is 8.09. The van der Waals surface area contributed by atoms with Crippen LogP contribution in [0.3, 0.4) is 0 Å². The molecule has 5 heteroatoms. The number of carbonyl (C=O) groups is 1. The topological polar surface area (TPSA) is 35.6 Å². The molecule has 1 saturated heterocycles. The van der Waals surface area contributed by atoms with Gasteiger partial charge in [-0.15, -0.1) is 11.3 Å². The van der Waals surface area contributed by atoms with Gasteiger partial charge in [0.25, 0.3) is 0 Å². The molecular weight excluding hydrogens is 414 g/mol. The fraction of sp³-hybridized carbons (Fsp3) is 0.296. The van der Waals surface area contributed by atoms with E-state index in [1.165, 1.54) is 11.1 Å². The first-order valence-corrected chi connectivity index (χ1v) is 12.2. The second kappa shape index (κ2) is 11.8. The Morgan fingerprint density at radius 1 is 0.906 bits per heavy atom. The molecular formula is C27H31N3OS. The maximum Gasteiger partial charge on any atom is 0.244 e. The van der Waals surface area contributed by atoms with E-state index in [4.69, 9.17) is 0 Å². The number of benzene rings is 2. The summed E-state index contributed by atoms with van der Waals surface area (Å²) in [5, 5.41) is 5.01. The highest BCUT2D eigenvalue weighted by Gasteiger charge is 2.26. The van der Waals surface area contributed by atoms with Gasteiger partial charge in [-0.1, -0.05) is 66.7 Å². The SMILES string of the molecule is O=C(C=Cc1cccs1)NCCCN1CCN(C(c2ccccc2)c2ccccc2)CC1. The van der Waals surface area contributed by atoms with Gasteiger partial charge in [0.2, 0.25) is 5.91 Å². The molecule has 1 aromatic heterocycles. The minimum absolute atomic E-state index is 0.0169. The lowest BCUT2D eigenvalue weighted by Crippen LogP contribution is -2.48. The van der Waals surface area contributed by atoms with Gasteiger partial charge in [0.15, 0.2) is 0 Å². The van der Waals surface area contributed by atoms with E-state index in [-0.39, 0.29) is 5.91 Å². The Morgan fingerprint density at radius 2 is 1.56 bits per heavy atom. The van der Waals surface area contributed by atoms with Gasteiger partial charge < -0.3 is 10.2 Å². The molecule has 2 heterocycles. The van der Waals surface area contributed by atoms with Crippen molar-refractivity contribution in [3.8, 4) is 0 Å². The molecule has 3 aromatic rings. The maximum atomic E-state index is 12.0. The first-order valence-electron chi connectivity index (χ1n) is 11.4. The van der Waals surface area contributed by atoms with Crippen molar-refractivity contribution in [1.29, 1.82) is 0 Å². The number of hydrogen-bond donors (Lipinski definition) is 1. The van der Waals surface area contributed by atoms with Gasteiger partial charge in [0.1, 0.15) is 0 Å². The summed E-state index contributed by atoms with van der Waals surface area (Å²) >= 11 is 1.63. The zero-order valence-corrected chi connectivity index (χ0v) is 19.2. The number of nitrogens with one attached hydrogen (secondary N) is 1. The molecule has 1 aliphatic heterocycles. The molecule has 1 fully saturated rings. The van der Waals surface area contributed by atoms with Crippen LogP contribution in [0.2, 0.25) is 0 Å². The summed E-state index contributed by atoms with van der Waals surface area (Å²) in [6, 6.07) is 25.9. The number of nitrogens with zero attached hydrogens (tertiary/aromatic N) is 2. The molecule has 4 nitrogen and oxygen atoms in total. The minimum Gasteiger partial charge on any atom is -0.353 e. The van der Waals surface area contributed by atoms with Crippen molar-refractivity contribution in [2.24, 2.45) is 0 Å². The van der Waals surface area contributed by atoms with Gasteiger partial charge in [-0.3, -0.25) is 9.69 Å². The molecule has 2 aromatic carbocycles. The Balaban J connectivity index is 1.23. The van der Waals surface area contributed by atoms with Gasteiger partial charge in [-0.2, -0.15) is 0 Å². The van der Waals surface area contributed by atoms with Crippen molar-refractivity contribution in [2.45, 2.75) is 12.5 Å². The molecule has 1 aliphatic rings. The van der Waals surface area contributed by atoms with Crippen molar-refractivity contribution >= 4 is 23.3 Å². The summed E-state index contributed by atoms with van der Waals surface area (Å²) in [6.07, 6.45) is 4.46. The van der Waals surface area contributed by atoms with Crippen LogP contribution < -0.4 is 5.32 Å².